The zero-order valence-corrected chi connectivity index (χ0v) is 9.26. The van der Waals surface area contributed by atoms with Crippen LogP contribution in [0.3, 0.4) is 0 Å². The molecule has 0 bridgehead atoms. The van der Waals surface area contributed by atoms with Crippen molar-refractivity contribution < 1.29 is 10.5 Å². The van der Waals surface area contributed by atoms with Crippen LogP contribution in [0.4, 0.5) is 5.82 Å². The standard InChI is InChI=1S/C9H13N7O/c10-1-2-12-6(17)3-16-5-15-7-8(11)13-4-14-9(7)16/h4-5H,1-3,10H2,(H,12,17)(H2,11,13,14)/p+1. The maximum atomic E-state index is 11.5. The Morgan fingerprint density at radius 2 is 2.29 bits per heavy atom. The van der Waals surface area contributed by atoms with Gasteiger partial charge in [-0.05, 0) is 0 Å². The minimum atomic E-state index is -0.106. The number of carbonyl (C=O) groups is 1. The lowest BCUT2D eigenvalue weighted by molar-refractivity contribution is -0.364. The van der Waals surface area contributed by atoms with Gasteiger partial charge in [0.2, 0.25) is 5.91 Å². The highest BCUT2D eigenvalue weighted by atomic mass is 16.1. The molecule has 0 aromatic carbocycles. The Bertz CT molecular complexity index is 535. The van der Waals surface area contributed by atoms with Gasteiger partial charge in [-0.1, -0.05) is 0 Å². The molecule has 0 aliphatic carbocycles. The van der Waals surface area contributed by atoms with Crippen LogP contribution in [-0.4, -0.2) is 38.5 Å². The Labute approximate surface area is 97.0 Å². The van der Waals surface area contributed by atoms with Gasteiger partial charge in [0, 0.05) is 0 Å². The second kappa shape index (κ2) is 4.74. The number of nitrogen functional groups attached to an aromatic ring is 1. The summed E-state index contributed by atoms with van der Waals surface area (Å²) in [7, 11) is 0. The molecule has 0 aliphatic rings. The van der Waals surface area contributed by atoms with Gasteiger partial charge in [-0.3, -0.25) is 4.79 Å². The van der Waals surface area contributed by atoms with Crippen molar-refractivity contribution in [3.8, 4) is 0 Å². The molecule has 8 heteroatoms. The van der Waals surface area contributed by atoms with Crippen molar-refractivity contribution in [3.63, 3.8) is 0 Å². The maximum absolute atomic E-state index is 11.5. The molecule has 2 heterocycles. The third-order valence-corrected chi connectivity index (χ3v) is 2.24. The third-order valence-electron chi connectivity index (χ3n) is 2.24. The van der Waals surface area contributed by atoms with E-state index in [2.05, 4.69) is 26.0 Å². The van der Waals surface area contributed by atoms with E-state index < -0.39 is 0 Å². The summed E-state index contributed by atoms with van der Waals surface area (Å²) in [6, 6.07) is 0. The summed E-state index contributed by atoms with van der Waals surface area (Å²) in [4.78, 5) is 23.5. The Kier molecular flexibility index (Phi) is 3.15. The van der Waals surface area contributed by atoms with E-state index in [0.717, 1.165) is 0 Å². The van der Waals surface area contributed by atoms with E-state index in [1.54, 1.807) is 4.57 Å². The van der Waals surface area contributed by atoms with Crippen molar-refractivity contribution in [2.45, 2.75) is 6.54 Å². The quantitative estimate of drug-likeness (QED) is 0.553. The minimum Gasteiger partial charge on any atom is -0.382 e. The number of fused-ring (bicyclic) bond motifs is 1. The number of rotatable bonds is 4. The molecule has 17 heavy (non-hydrogen) atoms. The van der Waals surface area contributed by atoms with Crippen LogP contribution < -0.4 is 16.8 Å². The van der Waals surface area contributed by atoms with Gasteiger partial charge >= 0.3 is 0 Å². The largest absolute Gasteiger partial charge is 0.382 e. The zero-order valence-electron chi connectivity index (χ0n) is 9.26. The predicted molar refractivity (Wildman–Crippen MR) is 60.5 cm³/mol. The number of nitrogens with zero attached hydrogens (tertiary/aromatic N) is 4. The molecule has 0 saturated heterocycles. The van der Waals surface area contributed by atoms with Gasteiger partial charge < -0.3 is 21.4 Å². The highest BCUT2D eigenvalue weighted by molar-refractivity contribution is 5.83. The predicted octanol–water partition coefficient (Wildman–Crippen LogP) is -2.23. The molecule has 2 aromatic heterocycles. The Hall–Kier alpha value is -2.22. The Morgan fingerprint density at radius 1 is 1.47 bits per heavy atom. The average Bonchev–Trinajstić information content (AvgIpc) is 2.71. The molecule has 0 atom stereocenters. The lowest BCUT2D eigenvalue weighted by atomic mass is 10.5. The van der Waals surface area contributed by atoms with E-state index >= 15 is 0 Å². The molecule has 0 spiro atoms. The maximum Gasteiger partial charge on any atom is 0.240 e. The van der Waals surface area contributed by atoms with Crippen molar-refractivity contribution in [1.29, 1.82) is 0 Å². The first-order chi connectivity index (χ1) is 8.22. The first kappa shape index (κ1) is 11.3. The fraction of sp³-hybridized carbons (Fsp3) is 0.333. The number of aromatic nitrogens is 4. The Morgan fingerprint density at radius 3 is 3.06 bits per heavy atom. The molecular formula is C9H14N7O+. The molecule has 0 radical (unpaired) electrons. The number of anilines is 1. The summed E-state index contributed by atoms with van der Waals surface area (Å²) in [5.74, 6) is 0.206. The lowest BCUT2D eigenvalue weighted by Gasteiger charge is -2.04. The van der Waals surface area contributed by atoms with Crippen LogP contribution in [0.25, 0.3) is 11.2 Å². The number of carbonyl (C=O) groups excluding carboxylic acids is 1. The van der Waals surface area contributed by atoms with Crippen LogP contribution in [0, 0.1) is 0 Å². The number of imidazole rings is 1. The highest BCUT2D eigenvalue weighted by Crippen LogP contribution is 2.13. The fourth-order valence-electron chi connectivity index (χ4n) is 1.45. The van der Waals surface area contributed by atoms with Gasteiger partial charge in [0.25, 0.3) is 0 Å². The van der Waals surface area contributed by atoms with Crippen LogP contribution in [0.5, 0.6) is 0 Å². The zero-order chi connectivity index (χ0) is 12.3. The van der Waals surface area contributed by atoms with E-state index in [9.17, 15) is 4.79 Å². The summed E-state index contributed by atoms with van der Waals surface area (Å²) >= 11 is 0. The van der Waals surface area contributed by atoms with E-state index in [1.165, 1.54) is 12.7 Å². The number of nitrogens with one attached hydrogen (secondary N) is 1. The molecule has 0 aliphatic heterocycles. The number of hydrogen-bond donors (Lipinski definition) is 3. The normalized spacial score (nSPS) is 10.6. The molecule has 2 aromatic rings. The fourth-order valence-corrected chi connectivity index (χ4v) is 1.45. The molecule has 0 unspecified atom stereocenters. The monoisotopic (exact) mass is 236 g/mol. The molecule has 0 fully saturated rings. The van der Waals surface area contributed by atoms with Crippen molar-refractivity contribution >= 4 is 22.9 Å². The van der Waals surface area contributed by atoms with Gasteiger partial charge in [0.15, 0.2) is 11.5 Å². The summed E-state index contributed by atoms with van der Waals surface area (Å²) in [6.07, 6.45) is 2.88. The summed E-state index contributed by atoms with van der Waals surface area (Å²) in [5, 5.41) is 2.73. The van der Waals surface area contributed by atoms with E-state index in [0.29, 0.717) is 30.1 Å². The Balaban J connectivity index is 2.19. The molecule has 2 rings (SSSR count). The molecular weight excluding hydrogens is 222 g/mol. The second-order valence-corrected chi connectivity index (χ2v) is 3.51. The minimum absolute atomic E-state index is 0.106. The number of nitrogens with two attached hydrogens (primary N) is 1. The first-order valence-corrected chi connectivity index (χ1v) is 5.19. The van der Waals surface area contributed by atoms with Crippen molar-refractivity contribution in [1.82, 2.24) is 24.8 Å². The van der Waals surface area contributed by atoms with Crippen LogP contribution in [0.1, 0.15) is 0 Å². The van der Waals surface area contributed by atoms with Crippen LogP contribution >= 0.6 is 0 Å². The van der Waals surface area contributed by atoms with Gasteiger partial charge in [-0.2, -0.15) is 0 Å². The average molecular weight is 236 g/mol. The third kappa shape index (κ3) is 2.31. The second-order valence-electron chi connectivity index (χ2n) is 3.51. The van der Waals surface area contributed by atoms with Crippen molar-refractivity contribution in [2.75, 3.05) is 18.8 Å². The van der Waals surface area contributed by atoms with E-state index in [1.807, 2.05) is 0 Å². The highest BCUT2D eigenvalue weighted by Gasteiger charge is 2.10. The number of quaternary nitrogens is 1. The van der Waals surface area contributed by atoms with Crippen LogP contribution in [0.15, 0.2) is 12.7 Å². The van der Waals surface area contributed by atoms with Gasteiger partial charge in [0.1, 0.15) is 18.4 Å². The smallest absolute Gasteiger partial charge is 0.240 e. The molecule has 8 nitrogen and oxygen atoms in total. The van der Waals surface area contributed by atoms with E-state index in [-0.39, 0.29) is 12.5 Å². The van der Waals surface area contributed by atoms with Gasteiger partial charge in [-0.15, -0.1) is 0 Å². The molecule has 0 saturated carbocycles. The number of hydrogen-bond acceptors (Lipinski definition) is 5. The molecule has 90 valence electrons. The van der Waals surface area contributed by atoms with Crippen LogP contribution in [0.2, 0.25) is 0 Å². The molecule has 1 amide bonds. The number of amides is 1. The summed E-state index contributed by atoms with van der Waals surface area (Å²) in [5.41, 5.74) is 10.4. The topological polar surface area (TPSA) is 126 Å². The summed E-state index contributed by atoms with van der Waals surface area (Å²) in [6.45, 7) is 1.38. The van der Waals surface area contributed by atoms with E-state index in [4.69, 9.17) is 5.73 Å². The van der Waals surface area contributed by atoms with Crippen molar-refractivity contribution in [2.24, 2.45) is 0 Å². The van der Waals surface area contributed by atoms with Crippen LogP contribution in [-0.2, 0) is 11.3 Å². The van der Waals surface area contributed by atoms with Gasteiger partial charge in [0.05, 0.1) is 19.4 Å². The van der Waals surface area contributed by atoms with Crippen molar-refractivity contribution in [3.05, 3.63) is 12.7 Å². The first-order valence-electron chi connectivity index (χ1n) is 5.19. The lowest BCUT2D eigenvalue weighted by Crippen LogP contribution is -2.55. The molecule has 6 N–H and O–H groups in total. The SMILES string of the molecule is Nc1ncnc2c1ncn2CC(=O)NCC[NH3+]. The summed E-state index contributed by atoms with van der Waals surface area (Å²) < 4.78 is 1.63. The van der Waals surface area contributed by atoms with Gasteiger partial charge in [-0.25, -0.2) is 15.0 Å².